The maximum atomic E-state index is 10.5. The molecule has 0 aliphatic rings. The van der Waals surface area contributed by atoms with Crippen LogP contribution in [-0.4, -0.2) is 64.4 Å². The average Bonchev–Trinajstić information content (AvgIpc) is 2.23. The van der Waals surface area contributed by atoms with Gasteiger partial charge in [-0.2, -0.15) is 0 Å². The molecular formula is C11H22N2O6. The molecular weight excluding hydrogens is 256 g/mol. The van der Waals surface area contributed by atoms with Gasteiger partial charge in [0.15, 0.2) is 0 Å². The lowest BCUT2D eigenvalue weighted by Crippen LogP contribution is -2.39. The van der Waals surface area contributed by atoms with E-state index in [9.17, 15) is 14.4 Å². The van der Waals surface area contributed by atoms with Gasteiger partial charge in [0.2, 0.25) is 5.91 Å². The van der Waals surface area contributed by atoms with Crippen molar-refractivity contribution in [2.24, 2.45) is 0 Å². The minimum Gasteiger partial charge on any atom is -0.481 e. The number of amides is 1. The Kier molecular flexibility index (Phi) is 10.6. The molecule has 112 valence electrons. The summed E-state index contributed by atoms with van der Waals surface area (Å²) in [5, 5.41) is 27.5. The van der Waals surface area contributed by atoms with E-state index < -0.39 is 23.9 Å². The Labute approximate surface area is 112 Å². The van der Waals surface area contributed by atoms with Crippen molar-refractivity contribution >= 4 is 17.8 Å². The Hall–Kier alpha value is -1.67. The maximum Gasteiger partial charge on any atom is 0.326 e. The third-order valence-corrected chi connectivity index (χ3v) is 2.07. The smallest absolute Gasteiger partial charge is 0.326 e. The van der Waals surface area contributed by atoms with E-state index in [1.165, 1.54) is 6.92 Å². The summed E-state index contributed by atoms with van der Waals surface area (Å²) in [7, 11) is 3.65. The predicted octanol–water partition coefficient (Wildman–Crippen LogP) is -0.673. The monoisotopic (exact) mass is 278 g/mol. The highest BCUT2D eigenvalue weighted by atomic mass is 16.4. The first-order valence-corrected chi connectivity index (χ1v) is 5.64. The molecule has 0 aromatic heterocycles. The summed E-state index contributed by atoms with van der Waals surface area (Å²) in [4.78, 5) is 32.7. The first-order chi connectivity index (χ1) is 8.57. The summed E-state index contributed by atoms with van der Waals surface area (Å²) in [6, 6.07) is -1.12. The minimum atomic E-state index is -1.23. The third-order valence-electron chi connectivity index (χ3n) is 2.07. The van der Waals surface area contributed by atoms with Crippen LogP contribution in [0, 0.1) is 0 Å². The van der Waals surface area contributed by atoms with E-state index >= 15 is 0 Å². The van der Waals surface area contributed by atoms with Crippen LogP contribution in [0.4, 0.5) is 0 Å². The van der Waals surface area contributed by atoms with Crippen LogP contribution in [0.2, 0.25) is 0 Å². The number of aliphatic carboxylic acids is 2. The number of carboxylic acid groups (broad SMARTS) is 2. The van der Waals surface area contributed by atoms with Crippen molar-refractivity contribution in [2.45, 2.75) is 39.0 Å². The molecule has 1 amide bonds. The molecule has 2 atom stereocenters. The number of rotatable bonds is 6. The Morgan fingerprint density at radius 1 is 1.21 bits per heavy atom. The molecule has 0 aromatic rings. The molecule has 0 saturated heterocycles. The van der Waals surface area contributed by atoms with Crippen molar-refractivity contribution in [1.82, 2.24) is 10.2 Å². The molecule has 0 aromatic carbocycles. The fourth-order valence-corrected chi connectivity index (χ4v) is 0.771. The van der Waals surface area contributed by atoms with Gasteiger partial charge in [0.1, 0.15) is 12.3 Å². The number of nitrogens with one attached hydrogen (secondary N) is 1. The van der Waals surface area contributed by atoms with Gasteiger partial charge in [-0.25, -0.2) is 4.79 Å². The Morgan fingerprint density at radius 2 is 1.63 bits per heavy atom. The zero-order valence-corrected chi connectivity index (χ0v) is 11.6. The summed E-state index contributed by atoms with van der Waals surface area (Å²) in [5.41, 5.74) is 0. The van der Waals surface area contributed by atoms with Crippen LogP contribution in [0.1, 0.15) is 26.7 Å². The van der Waals surface area contributed by atoms with Crippen LogP contribution in [0.15, 0.2) is 0 Å². The number of nitrogens with zero attached hydrogens (tertiary/aromatic N) is 1. The number of carbonyl (C=O) groups is 3. The Bertz CT molecular complexity index is 298. The van der Waals surface area contributed by atoms with Gasteiger partial charge in [-0.1, -0.05) is 0 Å². The topological polar surface area (TPSA) is 127 Å². The maximum absolute atomic E-state index is 10.5. The van der Waals surface area contributed by atoms with Crippen molar-refractivity contribution in [3.8, 4) is 0 Å². The lowest BCUT2D eigenvalue weighted by Gasteiger charge is -2.11. The second-order valence-electron chi connectivity index (χ2n) is 4.12. The number of aliphatic hydroxyl groups is 1. The van der Waals surface area contributed by atoms with E-state index in [0.717, 1.165) is 0 Å². The van der Waals surface area contributed by atoms with Gasteiger partial charge in [-0.05, 0) is 27.4 Å². The molecule has 8 heteroatoms. The molecule has 0 saturated carbocycles. The zero-order valence-electron chi connectivity index (χ0n) is 11.6. The second-order valence-corrected chi connectivity index (χ2v) is 4.12. The van der Waals surface area contributed by atoms with Gasteiger partial charge in [0.05, 0.1) is 0 Å². The van der Waals surface area contributed by atoms with Crippen molar-refractivity contribution in [2.75, 3.05) is 14.1 Å². The third kappa shape index (κ3) is 14.3. The van der Waals surface area contributed by atoms with E-state index in [-0.39, 0.29) is 19.1 Å². The Morgan fingerprint density at radius 3 is 1.84 bits per heavy atom. The largest absolute Gasteiger partial charge is 0.481 e. The van der Waals surface area contributed by atoms with Gasteiger partial charge >= 0.3 is 11.9 Å². The lowest BCUT2D eigenvalue weighted by molar-refractivity contribution is -0.142. The Balaban J connectivity index is 0. The van der Waals surface area contributed by atoms with Gasteiger partial charge < -0.3 is 20.6 Å². The highest BCUT2D eigenvalue weighted by Crippen LogP contribution is 1.97. The van der Waals surface area contributed by atoms with E-state index in [2.05, 4.69) is 5.32 Å². The van der Waals surface area contributed by atoms with Crippen LogP contribution in [-0.2, 0) is 14.4 Å². The fraction of sp³-hybridized carbons (Fsp3) is 0.727. The average molecular weight is 278 g/mol. The number of hydrogen-bond donors (Lipinski definition) is 4. The first kappa shape index (κ1) is 19.7. The summed E-state index contributed by atoms with van der Waals surface area (Å²) in [5.74, 6) is -2.80. The molecule has 0 radical (unpaired) electrons. The molecule has 0 aliphatic heterocycles. The van der Waals surface area contributed by atoms with Gasteiger partial charge in [0.25, 0.3) is 0 Å². The minimum absolute atomic E-state index is 0.107. The van der Waals surface area contributed by atoms with E-state index in [1.807, 2.05) is 14.1 Å². The first-order valence-electron chi connectivity index (χ1n) is 5.64. The second kappa shape index (κ2) is 10.3. The fourth-order valence-electron chi connectivity index (χ4n) is 0.771. The van der Waals surface area contributed by atoms with Crippen LogP contribution >= 0.6 is 0 Å². The van der Waals surface area contributed by atoms with Crippen molar-refractivity contribution in [3.05, 3.63) is 0 Å². The molecule has 0 spiro atoms. The quantitative estimate of drug-likeness (QED) is 0.474. The molecule has 19 heavy (non-hydrogen) atoms. The van der Waals surface area contributed by atoms with Crippen LogP contribution in [0.3, 0.4) is 0 Å². The molecule has 8 nitrogen and oxygen atoms in total. The molecule has 0 rings (SSSR count). The standard InChI is InChI=1S/C7H11NO5.C4H11NO/c1-4(9)8-5(7(12)13)2-3-6(10)11;1-4(6)5(2)3/h5H,2-3H2,1H3,(H,8,9)(H,10,11)(H,12,13);4,6H,1-3H3. The lowest BCUT2D eigenvalue weighted by atomic mass is 10.1. The highest BCUT2D eigenvalue weighted by molar-refractivity contribution is 5.82. The van der Waals surface area contributed by atoms with Crippen LogP contribution in [0.25, 0.3) is 0 Å². The van der Waals surface area contributed by atoms with E-state index in [4.69, 9.17) is 15.3 Å². The highest BCUT2D eigenvalue weighted by Gasteiger charge is 2.18. The molecule has 0 aliphatic carbocycles. The normalized spacial score (nSPS) is 12.9. The number of carboxylic acids is 2. The van der Waals surface area contributed by atoms with E-state index in [0.29, 0.717) is 0 Å². The van der Waals surface area contributed by atoms with Gasteiger partial charge in [-0.3, -0.25) is 14.5 Å². The summed E-state index contributed by atoms with van der Waals surface area (Å²) < 4.78 is 0. The van der Waals surface area contributed by atoms with Crippen molar-refractivity contribution in [1.29, 1.82) is 0 Å². The van der Waals surface area contributed by atoms with Gasteiger partial charge in [-0.15, -0.1) is 0 Å². The molecule has 0 bridgehead atoms. The molecule has 0 heterocycles. The zero-order chi connectivity index (χ0) is 15.6. The van der Waals surface area contributed by atoms with Crippen LogP contribution in [0.5, 0.6) is 0 Å². The number of carbonyl (C=O) groups excluding carboxylic acids is 1. The summed E-state index contributed by atoms with van der Waals surface area (Å²) >= 11 is 0. The van der Waals surface area contributed by atoms with Gasteiger partial charge in [0, 0.05) is 13.3 Å². The predicted molar refractivity (Wildman–Crippen MR) is 67.5 cm³/mol. The van der Waals surface area contributed by atoms with Crippen molar-refractivity contribution < 1.29 is 29.7 Å². The summed E-state index contributed by atoms with van der Waals surface area (Å²) in [6.07, 6.45) is -0.702. The number of hydrogen-bond acceptors (Lipinski definition) is 5. The summed E-state index contributed by atoms with van der Waals surface area (Å²) in [6.45, 7) is 2.90. The van der Waals surface area contributed by atoms with Crippen molar-refractivity contribution in [3.63, 3.8) is 0 Å². The molecule has 0 fully saturated rings. The van der Waals surface area contributed by atoms with E-state index in [1.54, 1.807) is 11.8 Å². The SMILES string of the molecule is CC(=O)NC(CCC(=O)O)C(=O)O.CC(O)N(C)C. The van der Waals surface area contributed by atoms with Crippen LogP contribution < -0.4 is 5.32 Å². The molecule has 2 unspecified atom stereocenters. The number of aliphatic hydroxyl groups excluding tert-OH is 1. The molecule has 4 N–H and O–H groups in total.